The molecule has 174 valence electrons. The van der Waals surface area contributed by atoms with Gasteiger partial charge in [-0.1, -0.05) is 0 Å². The molecule has 1 saturated heterocycles. The van der Waals surface area contributed by atoms with E-state index in [9.17, 15) is 15.0 Å². The third-order valence-electron chi connectivity index (χ3n) is 6.81. The molecule has 2 N–H and O–H groups in total. The van der Waals surface area contributed by atoms with Crippen LogP contribution in [-0.2, 0) is 0 Å². The van der Waals surface area contributed by atoms with Crippen molar-refractivity contribution in [3.8, 4) is 11.8 Å². The SMILES string of the molecule is COc1nc(C2CC(O)C2)cc(-n2ncc3cc(C)c(C4CCN(C(=O)O)CC4F)cc32)n1. The molecule has 33 heavy (non-hydrogen) atoms. The molecule has 10 heteroatoms. The van der Waals surface area contributed by atoms with Gasteiger partial charge in [0.1, 0.15) is 6.17 Å². The molecule has 0 radical (unpaired) electrons. The topological polar surface area (TPSA) is 114 Å². The molecule has 5 rings (SSSR count). The van der Waals surface area contributed by atoms with Crippen molar-refractivity contribution >= 4 is 17.0 Å². The first-order chi connectivity index (χ1) is 15.8. The Kier molecular flexibility index (Phi) is 5.40. The average molecular weight is 455 g/mol. The van der Waals surface area contributed by atoms with Gasteiger partial charge in [0.15, 0.2) is 5.82 Å². The number of amides is 1. The largest absolute Gasteiger partial charge is 0.467 e. The van der Waals surface area contributed by atoms with Gasteiger partial charge in [-0.2, -0.15) is 15.1 Å². The van der Waals surface area contributed by atoms with Crippen LogP contribution in [0.3, 0.4) is 0 Å². The summed E-state index contributed by atoms with van der Waals surface area (Å²) in [5, 5.41) is 24.3. The number of fused-ring (bicyclic) bond motifs is 1. The summed E-state index contributed by atoms with van der Waals surface area (Å²) in [5.41, 5.74) is 3.37. The van der Waals surface area contributed by atoms with Crippen molar-refractivity contribution in [2.24, 2.45) is 0 Å². The number of rotatable bonds is 4. The Morgan fingerprint density at radius 2 is 2.03 bits per heavy atom. The first-order valence-electron chi connectivity index (χ1n) is 11.1. The highest BCUT2D eigenvalue weighted by molar-refractivity contribution is 5.82. The quantitative estimate of drug-likeness (QED) is 0.621. The van der Waals surface area contributed by atoms with Gasteiger partial charge in [-0.15, -0.1) is 0 Å². The first-order valence-corrected chi connectivity index (χ1v) is 11.1. The van der Waals surface area contributed by atoms with Crippen LogP contribution < -0.4 is 4.74 Å². The van der Waals surface area contributed by atoms with Crippen LogP contribution in [0.15, 0.2) is 24.4 Å². The number of benzene rings is 1. The lowest BCUT2D eigenvalue weighted by Gasteiger charge is -2.34. The number of aliphatic hydroxyl groups excluding tert-OH is 1. The fraction of sp³-hybridized carbons (Fsp3) is 0.478. The lowest BCUT2D eigenvalue weighted by atomic mass is 9.80. The molecule has 2 aliphatic rings. The minimum atomic E-state index is -1.28. The molecule has 1 saturated carbocycles. The molecule has 9 nitrogen and oxygen atoms in total. The van der Waals surface area contributed by atoms with E-state index in [1.165, 1.54) is 7.11 Å². The second-order valence-electron chi connectivity index (χ2n) is 8.92. The van der Waals surface area contributed by atoms with Crippen molar-refractivity contribution in [1.29, 1.82) is 0 Å². The zero-order valence-electron chi connectivity index (χ0n) is 18.5. The number of nitrogens with zero attached hydrogens (tertiary/aromatic N) is 5. The number of piperidine rings is 1. The van der Waals surface area contributed by atoms with E-state index in [0.29, 0.717) is 31.6 Å². The van der Waals surface area contributed by atoms with E-state index in [4.69, 9.17) is 4.74 Å². The molecule has 1 aliphatic carbocycles. The Labute approximate surface area is 189 Å². The Morgan fingerprint density at radius 1 is 1.24 bits per heavy atom. The fourth-order valence-electron chi connectivity index (χ4n) is 4.88. The van der Waals surface area contributed by atoms with Crippen LogP contribution in [0, 0.1) is 6.92 Å². The van der Waals surface area contributed by atoms with Crippen LogP contribution >= 0.6 is 0 Å². The summed E-state index contributed by atoms with van der Waals surface area (Å²) in [6.07, 6.45) is 0.783. The van der Waals surface area contributed by atoms with Crippen LogP contribution in [0.1, 0.15) is 47.9 Å². The molecule has 1 aliphatic heterocycles. The predicted molar refractivity (Wildman–Crippen MR) is 118 cm³/mol. The fourth-order valence-corrected chi connectivity index (χ4v) is 4.88. The molecular weight excluding hydrogens is 429 g/mol. The number of hydrogen-bond donors (Lipinski definition) is 2. The molecular formula is C23H26FN5O4. The van der Waals surface area contributed by atoms with Gasteiger partial charge < -0.3 is 19.8 Å². The summed E-state index contributed by atoms with van der Waals surface area (Å²) in [6, 6.07) is 6.00. The first kappa shape index (κ1) is 21.6. The maximum absolute atomic E-state index is 15.0. The summed E-state index contributed by atoms with van der Waals surface area (Å²) in [6.45, 7) is 2.11. The normalized spacial score (nSPS) is 25.2. The summed E-state index contributed by atoms with van der Waals surface area (Å²) in [7, 11) is 1.51. The van der Waals surface area contributed by atoms with E-state index in [1.54, 1.807) is 10.9 Å². The number of ether oxygens (including phenoxy) is 1. The monoisotopic (exact) mass is 455 g/mol. The number of aliphatic hydroxyl groups is 1. The predicted octanol–water partition coefficient (Wildman–Crippen LogP) is 3.18. The molecule has 1 amide bonds. The van der Waals surface area contributed by atoms with Gasteiger partial charge in [-0.25, -0.2) is 13.9 Å². The molecule has 2 atom stereocenters. The summed E-state index contributed by atoms with van der Waals surface area (Å²) in [4.78, 5) is 21.3. The molecule has 2 unspecified atom stereocenters. The van der Waals surface area contributed by atoms with Crippen molar-refractivity contribution in [2.75, 3.05) is 20.2 Å². The molecule has 2 aromatic heterocycles. The molecule has 1 aromatic carbocycles. The maximum atomic E-state index is 15.0. The number of likely N-dealkylation sites (tertiary alicyclic amines) is 1. The van der Waals surface area contributed by atoms with E-state index in [0.717, 1.165) is 32.6 Å². The van der Waals surface area contributed by atoms with Gasteiger partial charge >= 0.3 is 12.1 Å². The Hall–Kier alpha value is -3.27. The minimum Gasteiger partial charge on any atom is -0.467 e. The van der Waals surface area contributed by atoms with Gasteiger partial charge in [0, 0.05) is 29.8 Å². The lowest BCUT2D eigenvalue weighted by molar-refractivity contribution is 0.0729. The van der Waals surface area contributed by atoms with Crippen molar-refractivity contribution in [2.45, 2.75) is 50.3 Å². The highest BCUT2D eigenvalue weighted by Crippen LogP contribution is 2.38. The Balaban J connectivity index is 1.53. The number of methoxy groups -OCH3 is 1. The highest BCUT2D eigenvalue weighted by Gasteiger charge is 2.34. The minimum absolute atomic E-state index is 0.129. The van der Waals surface area contributed by atoms with Crippen molar-refractivity contribution in [1.82, 2.24) is 24.6 Å². The third kappa shape index (κ3) is 3.88. The summed E-state index contributed by atoms with van der Waals surface area (Å²) < 4.78 is 22.0. The number of aryl methyl sites for hydroxylation is 1. The van der Waals surface area contributed by atoms with E-state index >= 15 is 4.39 Å². The van der Waals surface area contributed by atoms with Crippen molar-refractivity contribution in [3.05, 3.63) is 41.2 Å². The highest BCUT2D eigenvalue weighted by atomic mass is 19.1. The zero-order valence-corrected chi connectivity index (χ0v) is 18.5. The Morgan fingerprint density at radius 3 is 2.70 bits per heavy atom. The number of aromatic nitrogens is 4. The van der Waals surface area contributed by atoms with Crippen molar-refractivity contribution < 1.29 is 24.1 Å². The van der Waals surface area contributed by atoms with Crippen LogP contribution in [-0.4, -0.2) is 73.4 Å². The number of carbonyl (C=O) groups is 1. The molecule has 3 aromatic rings. The zero-order chi connectivity index (χ0) is 23.3. The summed E-state index contributed by atoms with van der Waals surface area (Å²) in [5.74, 6) is 0.294. The maximum Gasteiger partial charge on any atom is 0.407 e. The number of carboxylic acid groups (broad SMARTS) is 1. The van der Waals surface area contributed by atoms with E-state index < -0.39 is 12.3 Å². The van der Waals surface area contributed by atoms with Crippen LogP contribution in [0.5, 0.6) is 6.01 Å². The standard InChI is InChI=1S/C23H26FN5O4/c1-12-5-14-10-25-29(21-9-19(13-6-15(30)7-13)26-22(27-21)33-2)20(14)8-17(12)16-3-4-28(23(31)32)11-18(16)24/h5,8-10,13,15-16,18,30H,3-4,6-7,11H2,1-2H3,(H,31,32). The number of halogens is 1. The Bertz CT molecular complexity index is 1210. The van der Waals surface area contributed by atoms with E-state index in [-0.39, 0.29) is 30.5 Å². The van der Waals surface area contributed by atoms with E-state index in [1.807, 2.05) is 25.1 Å². The number of alkyl halides is 1. The molecule has 0 spiro atoms. The van der Waals surface area contributed by atoms with Crippen LogP contribution in [0.25, 0.3) is 16.7 Å². The summed E-state index contributed by atoms with van der Waals surface area (Å²) >= 11 is 0. The second kappa shape index (κ2) is 8.26. The van der Waals surface area contributed by atoms with Gasteiger partial charge in [-0.05, 0) is 49.4 Å². The smallest absolute Gasteiger partial charge is 0.407 e. The van der Waals surface area contributed by atoms with Crippen LogP contribution in [0.4, 0.5) is 9.18 Å². The van der Waals surface area contributed by atoms with E-state index in [2.05, 4.69) is 15.1 Å². The lowest BCUT2D eigenvalue weighted by Crippen LogP contribution is -2.43. The van der Waals surface area contributed by atoms with Gasteiger partial charge in [-0.3, -0.25) is 0 Å². The third-order valence-corrected chi connectivity index (χ3v) is 6.81. The molecule has 3 heterocycles. The van der Waals surface area contributed by atoms with Crippen molar-refractivity contribution in [3.63, 3.8) is 0 Å². The second-order valence-corrected chi connectivity index (χ2v) is 8.92. The van der Waals surface area contributed by atoms with Gasteiger partial charge in [0.25, 0.3) is 0 Å². The van der Waals surface area contributed by atoms with Gasteiger partial charge in [0.2, 0.25) is 0 Å². The van der Waals surface area contributed by atoms with Gasteiger partial charge in [0.05, 0.1) is 37.2 Å². The molecule has 0 bridgehead atoms. The molecule has 2 fully saturated rings. The van der Waals surface area contributed by atoms with Crippen LogP contribution in [0.2, 0.25) is 0 Å². The number of hydrogen-bond acceptors (Lipinski definition) is 6. The average Bonchev–Trinajstić information content (AvgIpc) is 3.18.